The van der Waals surface area contributed by atoms with E-state index in [0.29, 0.717) is 5.92 Å². The second-order valence-corrected chi connectivity index (χ2v) is 6.95. The summed E-state index contributed by atoms with van der Waals surface area (Å²) in [7, 11) is 0. The van der Waals surface area contributed by atoms with E-state index >= 15 is 0 Å². The number of hydrogen-bond donors (Lipinski definition) is 0. The quantitative estimate of drug-likeness (QED) is 0.850. The van der Waals surface area contributed by atoms with E-state index in [-0.39, 0.29) is 5.60 Å². The highest BCUT2D eigenvalue weighted by molar-refractivity contribution is 5.68. The molecule has 0 radical (unpaired) electrons. The Morgan fingerprint density at radius 1 is 1.18 bits per heavy atom. The number of nitrogens with zero attached hydrogens (tertiary/aromatic N) is 5. The summed E-state index contributed by atoms with van der Waals surface area (Å²) in [6, 6.07) is 2.25. The lowest BCUT2D eigenvalue weighted by molar-refractivity contribution is -0.0146. The fourth-order valence-electron chi connectivity index (χ4n) is 3.95. The lowest BCUT2D eigenvalue weighted by Gasteiger charge is -2.39. The zero-order valence-corrected chi connectivity index (χ0v) is 12.7. The summed E-state index contributed by atoms with van der Waals surface area (Å²) in [5.41, 5.74) is 3.43. The summed E-state index contributed by atoms with van der Waals surface area (Å²) in [6.45, 7) is 3.02. The fraction of sp³-hybridized carbons (Fsp3) is 0.688. The van der Waals surface area contributed by atoms with Gasteiger partial charge in [0.05, 0.1) is 17.0 Å². The number of hydrogen-bond acceptors (Lipinski definition) is 5. The van der Waals surface area contributed by atoms with Gasteiger partial charge in [-0.3, -0.25) is 0 Å². The fourth-order valence-corrected chi connectivity index (χ4v) is 3.95. The molecular formula is C16H21N5O. The van der Waals surface area contributed by atoms with Gasteiger partial charge in [-0.2, -0.15) is 9.61 Å². The van der Waals surface area contributed by atoms with Crippen molar-refractivity contribution in [2.24, 2.45) is 0 Å². The summed E-state index contributed by atoms with van der Waals surface area (Å²) in [4.78, 5) is 2.45. The Morgan fingerprint density at radius 3 is 2.77 bits per heavy atom. The summed E-state index contributed by atoms with van der Waals surface area (Å²) >= 11 is 0. The van der Waals surface area contributed by atoms with Crippen LogP contribution in [-0.4, -0.2) is 45.1 Å². The lowest BCUT2D eigenvalue weighted by atomic mass is 9.88. The van der Waals surface area contributed by atoms with Crippen molar-refractivity contribution in [1.82, 2.24) is 19.8 Å². The van der Waals surface area contributed by atoms with Gasteiger partial charge in [0.25, 0.3) is 0 Å². The Morgan fingerprint density at radius 2 is 2.05 bits per heavy atom. The van der Waals surface area contributed by atoms with Crippen LogP contribution in [0.1, 0.15) is 50.1 Å². The van der Waals surface area contributed by atoms with Crippen LogP contribution in [0.4, 0.5) is 5.69 Å². The van der Waals surface area contributed by atoms with Gasteiger partial charge in [-0.15, -0.1) is 10.2 Å². The van der Waals surface area contributed by atoms with Crippen LogP contribution in [-0.2, 0) is 4.74 Å². The third kappa shape index (κ3) is 2.00. The average molecular weight is 299 g/mol. The molecule has 2 aliphatic heterocycles. The zero-order chi connectivity index (χ0) is 14.6. The maximum atomic E-state index is 6.04. The molecular weight excluding hydrogens is 278 g/mol. The van der Waals surface area contributed by atoms with Crippen LogP contribution in [0.5, 0.6) is 0 Å². The Bertz CT molecular complexity index is 692. The highest BCUT2D eigenvalue weighted by Crippen LogP contribution is 2.41. The molecule has 6 heteroatoms. The van der Waals surface area contributed by atoms with Crippen molar-refractivity contribution < 1.29 is 4.74 Å². The van der Waals surface area contributed by atoms with Gasteiger partial charge in [0.1, 0.15) is 6.33 Å². The van der Waals surface area contributed by atoms with Gasteiger partial charge in [-0.05, 0) is 44.6 Å². The number of ether oxygens (including phenoxy) is 1. The van der Waals surface area contributed by atoms with Gasteiger partial charge in [0, 0.05) is 25.6 Å². The van der Waals surface area contributed by atoms with Gasteiger partial charge in [0.2, 0.25) is 5.65 Å². The third-order valence-corrected chi connectivity index (χ3v) is 5.46. The van der Waals surface area contributed by atoms with E-state index < -0.39 is 0 Å². The minimum atomic E-state index is 0.160. The van der Waals surface area contributed by atoms with Gasteiger partial charge < -0.3 is 9.64 Å². The van der Waals surface area contributed by atoms with Crippen molar-refractivity contribution in [1.29, 1.82) is 0 Å². The first kappa shape index (κ1) is 12.8. The molecule has 1 spiro atoms. The van der Waals surface area contributed by atoms with Gasteiger partial charge in [-0.25, -0.2) is 0 Å². The average Bonchev–Trinajstić information content (AvgIpc) is 3.13. The van der Waals surface area contributed by atoms with E-state index in [0.717, 1.165) is 38.2 Å². The van der Waals surface area contributed by atoms with Crippen molar-refractivity contribution in [3.63, 3.8) is 0 Å². The normalized spacial score (nSPS) is 24.5. The van der Waals surface area contributed by atoms with Crippen molar-refractivity contribution in [3.8, 4) is 0 Å². The van der Waals surface area contributed by atoms with Crippen LogP contribution in [0.3, 0.4) is 0 Å². The summed E-state index contributed by atoms with van der Waals surface area (Å²) < 4.78 is 7.88. The number of piperidine rings is 1. The highest BCUT2D eigenvalue weighted by atomic mass is 16.5. The molecule has 0 N–H and O–H groups in total. The van der Waals surface area contributed by atoms with Crippen molar-refractivity contribution >= 4 is 11.3 Å². The summed E-state index contributed by atoms with van der Waals surface area (Å²) in [5.74, 6) is 0.639. The molecule has 116 valence electrons. The van der Waals surface area contributed by atoms with Crippen molar-refractivity contribution in [3.05, 3.63) is 18.1 Å². The molecule has 0 aromatic carbocycles. The standard InChI is InChI=1S/C16H21N5O/c1-4-16(22-9-1)5-7-20(8-6-16)14-10-13(12-2-3-12)19-21-11-17-18-15(14)21/h10-12H,1-9H2. The number of aromatic nitrogens is 4. The first-order chi connectivity index (χ1) is 10.8. The number of anilines is 1. The first-order valence-electron chi connectivity index (χ1n) is 8.43. The van der Waals surface area contributed by atoms with Crippen LogP contribution >= 0.6 is 0 Å². The van der Waals surface area contributed by atoms with E-state index in [9.17, 15) is 0 Å². The molecule has 3 fully saturated rings. The van der Waals surface area contributed by atoms with Crippen LogP contribution in [0.15, 0.2) is 12.4 Å². The van der Waals surface area contributed by atoms with Crippen LogP contribution < -0.4 is 4.90 Å². The third-order valence-electron chi connectivity index (χ3n) is 5.46. The molecule has 4 heterocycles. The summed E-state index contributed by atoms with van der Waals surface area (Å²) in [6.07, 6.45) is 8.92. The second-order valence-electron chi connectivity index (χ2n) is 6.95. The topological polar surface area (TPSA) is 55.5 Å². The maximum Gasteiger partial charge on any atom is 0.200 e. The molecule has 0 unspecified atom stereocenters. The van der Waals surface area contributed by atoms with Crippen molar-refractivity contribution in [2.75, 3.05) is 24.6 Å². The first-order valence-corrected chi connectivity index (χ1v) is 8.43. The van der Waals surface area contributed by atoms with E-state index in [1.165, 1.54) is 37.1 Å². The van der Waals surface area contributed by atoms with Gasteiger partial charge in [0.15, 0.2) is 0 Å². The molecule has 1 saturated carbocycles. The van der Waals surface area contributed by atoms with E-state index in [4.69, 9.17) is 4.74 Å². The molecule has 2 aromatic rings. The Balaban J connectivity index is 1.47. The van der Waals surface area contributed by atoms with E-state index in [1.807, 2.05) is 4.52 Å². The largest absolute Gasteiger partial charge is 0.375 e. The molecule has 0 amide bonds. The Labute approximate surface area is 129 Å². The summed E-state index contributed by atoms with van der Waals surface area (Å²) in [5, 5.41) is 13.0. The number of rotatable bonds is 2. The number of fused-ring (bicyclic) bond motifs is 1. The van der Waals surface area contributed by atoms with Gasteiger partial charge >= 0.3 is 0 Å². The van der Waals surface area contributed by atoms with E-state index in [1.54, 1.807) is 6.33 Å². The minimum Gasteiger partial charge on any atom is -0.375 e. The Kier molecular flexibility index (Phi) is 2.71. The van der Waals surface area contributed by atoms with Crippen molar-refractivity contribution in [2.45, 2.75) is 50.0 Å². The van der Waals surface area contributed by atoms with Crippen LogP contribution in [0, 0.1) is 0 Å². The lowest BCUT2D eigenvalue weighted by Crippen LogP contribution is -2.44. The minimum absolute atomic E-state index is 0.160. The molecule has 1 aliphatic carbocycles. The molecule has 5 rings (SSSR count). The highest BCUT2D eigenvalue weighted by Gasteiger charge is 2.39. The van der Waals surface area contributed by atoms with Crippen LogP contribution in [0.25, 0.3) is 5.65 Å². The maximum absolute atomic E-state index is 6.04. The SMILES string of the molecule is c1c(C2CC2)nn2cnnc2c1N1CCC2(CCCO2)CC1. The predicted molar refractivity (Wildman–Crippen MR) is 82.1 cm³/mol. The Hall–Kier alpha value is -1.69. The van der Waals surface area contributed by atoms with Crippen LogP contribution in [0.2, 0.25) is 0 Å². The van der Waals surface area contributed by atoms with E-state index in [2.05, 4.69) is 26.3 Å². The monoisotopic (exact) mass is 299 g/mol. The predicted octanol–water partition coefficient (Wildman–Crippen LogP) is 2.15. The molecule has 2 saturated heterocycles. The molecule has 3 aliphatic rings. The van der Waals surface area contributed by atoms with Gasteiger partial charge in [-0.1, -0.05) is 0 Å². The molecule has 0 bridgehead atoms. The zero-order valence-electron chi connectivity index (χ0n) is 12.7. The molecule has 22 heavy (non-hydrogen) atoms. The molecule has 0 atom stereocenters. The molecule has 2 aromatic heterocycles. The second kappa shape index (κ2) is 4.65. The smallest absolute Gasteiger partial charge is 0.200 e. The molecule has 6 nitrogen and oxygen atoms in total.